The van der Waals surface area contributed by atoms with Crippen LogP contribution >= 0.6 is 12.2 Å². The largest absolute Gasteiger partial charge is 0.493 e. The molecule has 1 N–H and O–H groups in total. The minimum atomic E-state index is -0.126. The molecule has 1 saturated heterocycles. The number of thiocarbonyl (C=S) groups is 1. The zero-order valence-corrected chi connectivity index (χ0v) is 13.4. The van der Waals surface area contributed by atoms with Gasteiger partial charge in [-0.3, -0.25) is 9.69 Å². The number of carbonyl (C=O) groups is 1. The minimum absolute atomic E-state index is 0.126. The molecule has 0 radical (unpaired) electrons. The molecule has 1 heterocycles. The van der Waals surface area contributed by atoms with Crippen molar-refractivity contribution in [2.75, 3.05) is 20.3 Å². The van der Waals surface area contributed by atoms with E-state index in [9.17, 15) is 4.79 Å². The van der Waals surface area contributed by atoms with E-state index in [0.717, 1.165) is 5.56 Å². The monoisotopic (exact) mass is 318 g/mol. The van der Waals surface area contributed by atoms with E-state index in [1.807, 2.05) is 13.0 Å². The van der Waals surface area contributed by atoms with Gasteiger partial charge >= 0.3 is 0 Å². The molecule has 0 atom stereocenters. The highest BCUT2D eigenvalue weighted by Gasteiger charge is 2.28. The number of rotatable bonds is 6. The lowest BCUT2D eigenvalue weighted by atomic mass is 10.1. The predicted octanol–water partition coefficient (Wildman–Crippen LogP) is 2.34. The Morgan fingerprint density at radius 1 is 1.41 bits per heavy atom. The summed E-state index contributed by atoms with van der Waals surface area (Å²) in [5.41, 5.74) is 1.27. The fraction of sp³-hybridized carbons (Fsp3) is 0.250. The van der Waals surface area contributed by atoms with E-state index in [2.05, 4.69) is 11.9 Å². The Labute approximate surface area is 135 Å². The van der Waals surface area contributed by atoms with Gasteiger partial charge in [-0.25, -0.2) is 0 Å². The van der Waals surface area contributed by atoms with E-state index >= 15 is 0 Å². The van der Waals surface area contributed by atoms with Gasteiger partial charge in [0.1, 0.15) is 12.3 Å². The molecule has 0 spiro atoms. The Hall–Kier alpha value is -2.34. The first-order valence-corrected chi connectivity index (χ1v) is 7.27. The van der Waals surface area contributed by atoms with Gasteiger partial charge in [0.15, 0.2) is 16.6 Å². The van der Waals surface area contributed by atoms with Gasteiger partial charge in [-0.1, -0.05) is 18.7 Å². The molecule has 1 aliphatic rings. The molecule has 0 saturated carbocycles. The summed E-state index contributed by atoms with van der Waals surface area (Å²) in [6, 6.07) is 5.45. The van der Waals surface area contributed by atoms with Gasteiger partial charge in [0, 0.05) is 6.54 Å². The number of benzene rings is 1. The molecule has 6 heteroatoms. The third kappa shape index (κ3) is 3.28. The van der Waals surface area contributed by atoms with Crippen LogP contribution in [0.25, 0.3) is 6.08 Å². The van der Waals surface area contributed by atoms with Gasteiger partial charge in [0.2, 0.25) is 0 Å². The van der Waals surface area contributed by atoms with Crippen LogP contribution in [-0.4, -0.2) is 36.2 Å². The van der Waals surface area contributed by atoms with Crippen LogP contribution in [0.2, 0.25) is 0 Å². The second-order valence-electron chi connectivity index (χ2n) is 4.55. The van der Waals surface area contributed by atoms with Gasteiger partial charge in [0.05, 0.1) is 7.11 Å². The lowest BCUT2D eigenvalue weighted by Gasteiger charge is -2.10. The van der Waals surface area contributed by atoms with Crippen LogP contribution in [0, 0.1) is 0 Å². The molecule has 1 aromatic carbocycles. The van der Waals surface area contributed by atoms with Crippen LogP contribution in [0.5, 0.6) is 11.5 Å². The summed E-state index contributed by atoms with van der Waals surface area (Å²) in [5.74, 6) is 1.09. The fourth-order valence-corrected chi connectivity index (χ4v) is 2.39. The Bertz CT molecular complexity index is 640. The van der Waals surface area contributed by atoms with Crippen molar-refractivity contribution < 1.29 is 14.3 Å². The van der Waals surface area contributed by atoms with E-state index in [1.54, 1.807) is 31.4 Å². The highest BCUT2D eigenvalue weighted by Crippen LogP contribution is 2.29. The van der Waals surface area contributed by atoms with Crippen molar-refractivity contribution in [1.82, 2.24) is 10.2 Å². The van der Waals surface area contributed by atoms with Crippen molar-refractivity contribution in [2.24, 2.45) is 0 Å². The molecular weight excluding hydrogens is 300 g/mol. The molecule has 1 amide bonds. The van der Waals surface area contributed by atoms with Gasteiger partial charge in [-0.15, -0.1) is 0 Å². The van der Waals surface area contributed by atoms with Gasteiger partial charge in [0.25, 0.3) is 5.91 Å². The lowest BCUT2D eigenvalue weighted by Crippen LogP contribution is -2.30. The number of carbonyl (C=O) groups excluding carboxylic acids is 1. The SMILES string of the molecule is C=CCOc1ccc(/C=C2\NC(=S)N(CC)C2=O)cc1OC. The quantitative estimate of drug-likeness (QED) is 0.496. The first kappa shape index (κ1) is 16.0. The lowest BCUT2D eigenvalue weighted by molar-refractivity contribution is -0.122. The topological polar surface area (TPSA) is 50.8 Å². The number of amides is 1. The summed E-state index contributed by atoms with van der Waals surface area (Å²) in [7, 11) is 1.57. The number of nitrogens with one attached hydrogen (secondary N) is 1. The standard InChI is InChI=1S/C16H18N2O3S/c1-4-8-21-13-7-6-11(10-14(13)20-3)9-12-15(19)18(5-2)16(22)17-12/h4,6-7,9-10H,1,5,8H2,2-3H3,(H,17,22)/b12-9-. The Kier molecular flexibility index (Phi) is 5.16. The normalized spacial score (nSPS) is 15.9. The van der Waals surface area contributed by atoms with Crippen LogP contribution < -0.4 is 14.8 Å². The molecule has 116 valence electrons. The van der Waals surface area contributed by atoms with Crippen LogP contribution in [0.3, 0.4) is 0 Å². The van der Waals surface area contributed by atoms with Crippen LogP contribution in [0.4, 0.5) is 0 Å². The van der Waals surface area contributed by atoms with Crippen molar-refractivity contribution in [1.29, 1.82) is 0 Å². The van der Waals surface area contributed by atoms with E-state index in [1.165, 1.54) is 4.90 Å². The molecule has 22 heavy (non-hydrogen) atoms. The van der Waals surface area contributed by atoms with Crippen molar-refractivity contribution >= 4 is 29.3 Å². The summed E-state index contributed by atoms with van der Waals surface area (Å²) in [6.07, 6.45) is 3.40. The van der Waals surface area contributed by atoms with Crippen LogP contribution in [0.15, 0.2) is 36.6 Å². The summed E-state index contributed by atoms with van der Waals surface area (Å²) in [5, 5.41) is 3.35. The fourth-order valence-electron chi connectivity index (χ4n) is 2.07. The molecular formula is C16H18N2O3S. The highest BCUT2D eigenvalue weighted by atomic mass is 32.1. The van der Waals surface area contributed by atoms with E-state index in [0.29, 0.717) is 35.5 Å². The molecule has 0 unspecified atom stereocenters. The Morgan fingerprint density at radius 2 is 2.18 bits per heavy atom. The average Bonchev–Trinajstić information content (AvgIpc) is 2.79. The number of methoxy groups -OCH3 is 1. The first-order chi connectivity index (χ1) is 10.6. The number of nitrogens with zero attached hydrogens (tertiary/aromatic N) is 1. The smallest absolute Gasteiger partial charge is 0.276 e. The third-order valence-corrected chi connectivity index (χ3v) is 3.46. The van der Waals surface area contributed by atoms with E-state index in [-0.39, 0.29) is 5.91 Å². The zero-order chi connectivity index (χ0) is 16.1. The Balaban J connectivity index is 2.26. The third-order valence-electron chi connectivity index (χ3n) is 3.13. The maximum atomic E-state index is 12.2. The molecule has 1 aromatic rings. The summed E-state index contributed by atoms with van der Waals surface area (Å²) in [4.78, 5) is 13.7. The predicted molar refractivity (Wildman–Crippen MR) is 89.8 cm³/mol. The van der Waals surface area contributed by atoms with Crippen molar-refractivity contribution in [3.63, 3.8) is 0 Å². The highest BCUT2D eigenvalue weighted by molar-refractivity contribution is 7.80. The van der Waals surface area contributed by atoms with Gasteiger partial charge in [-0.05, 0) is 42.9 Å². The number of ether oxygens (including phenoxy) is 2. The molecule has 5 nitrogen and oxygen atoms in total. The maximum Gasteiger partial charge on any atom is 0.276 e. The molecule has 1 fully saturated rings. The Morgan fingerprint density at radius 3 is 2.77 bits per heavy atom. The average molecular weight is 318 g/mol. The molecule has 0 bridgehead atoms. The summed E-state index contributed by atoms with van der Waals surface area (Å²) < 4.78 is 10.8. The number of hydrogen-bond donors (Lipinski definition) is 1. The van der Waals surface area contributed by atoms with Crippen LogP contribution in [-0.2, 0) is 4.79 Å². The van der Waals surface area contributed by atoms with E-state index in [4.69, 9.17) is 21.7 Å². The minimum Gasteiger partial charge on any atom is -0.493 e. The number of likely N-dealkylation sites (N-methyl/N-ethyl adjacent to an activating group) is 1. The molecule has 0 aromatic heterocycles. The van der Waals surface area contributed by atoms with Gasteiger partial charge in [-0.2, -0.15) is 0 Å². The van der Waals surface area contributed by atoms with Crippen molar-refractivity contribution in [3.05, 3.63) is 42.1 Å². The summed E-state index contributed by atoms with van der Waals surface area (Å²) in [6.45, 7) is 6.43. The van der Waals surface area contributed by atoms with Crippen LogP contribution in [0.1, 0.15) is 12.5 Å². The zero-order valence-electron chi connectivity index (χ0n) is 12.6. The van der Waals surface area contributed by atoms with Crippen molar-refractivity contribution in [3.8, 4) is 11.5 Å². The second kappa shape index (κ2) is 7.09. The van der Waals surface area contributed by atoms with E-state index < -0.39 is 0 Å². The van der Waals surface area contributed by atoms with Gasteiger partial charge < -0.3 is 14.8 Å². The molecule has 1 aliphatic heterocycles. The first-order valence-electron chi connectivity index (χ1n) is 6.87. The number of hydrogen-bond acceptors (Lipinski definition) is 4. The maximum absolute atomic E-state index is 12.2. The molecule has 2 rings (SSSR count). The second-order valence-corrected chi connectivity index (χ2v) is 4.93. The van der Waals surface area contributed by atoms with Crippen molar-refractivity contribution in [2.45, 2.75) is 6.92 Å². The molecule has 0 aliphatic carbocycles. The summed E-state index contributed by atoms with van der Waals surface area (Å²) >= 11 is 5.13.